The number of carbonyl (C=O) groups is 1. The summed E-state index contributed by atoms with van der Waals surface area (Å²) in [7, 11) is 0. The molecule has 0 saturated carbocycles. The molecule has 21 heavy (non-hydrogen) atoms. The first-order valence-electron chi connectivity index (χ1n) is 5.88. The second-order valence-electron chi connectivity index (χ2n) is 4.25. The van der Waals surface area contributed by atoms with Crippen molar-refractivity contribution in [2.75, 3.05) is 5.32 Å². The smallest absolute Gasteiger partial charge is 0.321 e. The zero-order chi connectivity index (χ0) is 15.5. The van der Waals surface area contributed by atoms with Crippen LogP contribution in [0.15, 0.2) is 42.7 Å². The first-order chi connectivity index (χ1) is 9.90. The Morgan fingerprint density at radius 1 is 1.24 bits per heavy atom. The molecule has 1 aromatic carbocycles. The van der Waals surface area contributed by atoms with E-state index in [9.17, 15) is 18.0 Å². The predicted molar refractivity (Wildman–Crippen MR) is 76.3 cm³/mol. The second kappa shape index (κ2) is 6.26. The molecule has 110 valence electrons. The van der Waals surface area contributed by atoms with Gasteiger partial charge in [0, 0.05) is 17.1 Å². The maximum atomic E-state index is 12.6. The zero-order valence-electron chi connectivity index (χ0n) is 10.6. The maximum absolute atomic E-state index is 12.6. The van der Waals surface area contributed by atoms with E-state index in [1.165, 1.54) is 18.3 Å². The number of anilines is 1. The van der Waals surface area contributed by atoms with Gasteiger partial charge in [0.05, 0.1) is 17.4 Å². The summed E-state index contributed by atoms with van der Waals surface area (Å²) in [5.41, 5.74) is 0.350. The fraction of sp³-hybridized carbons (Fsp3) is 0.143. The topological polar surface area (TPSA) is 42.0 Å². The number of pyridine rings is 1. The summed E-state index contributed by atoms with van der Waals surface area (Å²) in [5, 5.41) is 3.08. The highest BCUT2D eigenvalue weighted by molar-refractivity contribution is 9.08. The van der Waals surface area contributed by atoms with E-state index in [0.29, 0.717) is 11.0 Å². The molecule has 0 aliphatic carbocycles. The van der Waals surface area contributed by atoms with Crippen molar-refractivity contribution in [1.29, 1.82) is 0 Å². The molecular formula is C14H10BrF3N2O. The van der Waals surface area contributed by atoms with Gasteiger partial charge in [0.15, 0.2) is 0 Å². The lowest BCUT2D eigenvalue weighted by Gasteiger charge is -2.09. The lowest BCUT2D eigenvalue weighted by atomic mass is 10.1. The third-order valence-electron chi connectivity index (χ3n) is 2.66. The third kappa shape index (κ3) is 4.04. The molecule has 0 unspecified atom stereocenters. The quantitative estimate of drug-likeness (QED) is 0.833. The minimum atomic E-state index is -4.48. The van der Waals surface area contributed by atoms with Gasteiger partial charge in [-0.2, -0.15) is 13.2 Å². The Morgan fingerprint density at radius 3 is 2.67 bits per heavy atom. The van der Waals surface area contributed by atoms with Crippen LogP contribution in [-0.2, 0) is 11.5 Å². The van der Waals surface area contributed by atoms with Crippen LogP contribution in [0, 0.1) is 0 Å². The van der Waals surface area contributed by atoms with Gasteiger partial charge in [-0.15, -0.1) is 0 Å². The molecule has 0 saturated heterocycles. The minimum Gasteiger partial charge on any atom is -0.321 e. The predicted octanol–water partition coefficient (Wildman–Crippen LogP) is 4.25. The van der Waals surface area contributed by atoms with E-state index in [4.69, 9.17) is 0 Å². The Hall–Kier alpha value is -1.89. The molecule has 0 fully saturated rings. The summed E-state index contributed by atoms with van der Waals surface area (Å²) in [5.74, 6) is -0.616. The Labute approximate surface area is 127 Å². The van der Waals surface area contributed by atoms with Gasteiger partial charge in [-0.05, 0) is 29.8 Å². The van der Waals surface area contributed by atoms with Crippen molar-refractivity contribution in [3.63, 3.8) is 0 Å². The Kier molecular flexibility index (Phi) is 4.62. The van der Waals surface area contributed by atoms with Crippen molar-refractivity contribution in [2.24, 2.45) is 0 Å². The van der Waals surface area contributed by atoms with E-state index >= 15 is 0 Å². The summed E-state index contributed by atoms with van der Waals surface area (Å²) >= 11 is 3.26. The number of hydrogen-bond donors (Lipinski definition) is 1. The SMILES string of the molecule is O=C(Nc1cncc(CBr)c1)c1cccc(C(F)(F)F)c1. The van der Waals surface area contributed by atoms with Gasteiger partial charge >= 0.3 is 6.18 Å². The van der Waals surface area contributed by atoms with Crippen LogP contribution in [0.25, 0.3) is 0 Å². The van der Waals surface area contributed by atoms with Crippen molar-refractivity contribution in [1.82, 2.24) is 4.98 Å². The summed E-state index contributed by atoms with van der Waals surface area (Å²) in [6, 6.07) is 5.95. The van der Waals surface area contributed by atoms with E-state index < -0.39 is 17.6 Å². The summed E-state index contributed by atoms with van der Waals surface area (Å²) < 4.78 is 37.8. The van der Waals surface area contributed by atoms with Crippen LogP contribution in [0.1, 0.15) is 21.5 Å². The number of alkyl halides is 4. The summed E-state index contributed by atoms with van der Waals surface area (Å²) in [4.78, 5) is 15.9. The molecule has 2 aromatic rings. The zero-order valence-corrected chi connectivity index (χ0v) is 12.2. The molecule has 1 heterocycles. The van der Waals surface area contributed by atoms with Gasteiger partial charge < -0.3 is 5.32 Å². The van der Waals surface area contributed by atoms with E-state index in [2.05, 4.69) is 26.2 Å². The van der Waals surface area contributed by atoms with Gasteiger partial charge in [-0.3, -0.25) is 9.78 Å². The average molecular weight is 359 g/mol. The third-order valence-corrected chi connectivity index (χ3v) is 3.31. The number of hydrogen-bond acceptors (Lipinski definition) is 2. The van der Waals surface area contributed by atoms with Crippen LogP contribution >= 0.6 is 15.9 Å². The van der Waals surface area contributed by atoms with E-state index in [0.717, 1.165) is 17.7 Å². The maximum Gasteiger partial charge on any atom is 0.416 e. The number of rotatable bonds is 3. The van der Waals surface area contributed by atoms with Crippen molar-refractivity contribution in [3.8, 4) is 0 Å². The monoisotopic (exact) mass is 358 g/mol. The number of amides is 1. The molecule has 0 spiro atoms. The largest absolute Gasteiger partial charge is 0.416 e. The molecule has 0 bridgehead atoms. The fourth-order valence-corrected chi connectivity index (χ4v) is 1.98. The van der Waals surface area contributed by atoms with Crippen molar-refractivity contribution in [2.45, 2.75) is 11.5 Å². The van der Waals surface area contributed by atoms with Crippen molar-refractivity contribution >= 4 is 27.5 Å². The van der Waals surface area contributed by atoms with Crippen LogP contribution in [0.3, 0.4) is 0 Å². The van der Waals surface area contributed by atoms with Gasteiger partial charge in [0.25, 0.3) is 5.91 Å². The first kappa shape index (κ1) is 15.5. The van der Waals surface area contributed by atoms with Gasteiger partial charge in [0.2, 0.25) is 0 Å². The highest BCUT2D eigenvalue weighted by Crippen LogP contribution is 2.29. The normalized spacial score (nSPS) is 11.2. The molecule has 2 rings (SSSR count). The lowest BCUT2D eigenvalue weighted by Crippen LogP contribution is -2.14. The standard InChI is InChI=1S/C14H10BrF3N2O/c15-6-9-4-12(8-19-7-9)20-13(21)10-2-1-3-11(5-10)14(16,17)18/h1-5,7-8H,6H2,(H,20,21). The van der Waals surface area contributed by atoms with E-state index in [1.807, 2.05) is 0 Å². The van der Waals surface area contributed by atoms with E-state index in [1.54, 1.807) is 12.3 Å². The molecule has 1 amide bonds. The van der Waals surface area contributed by atoms with Gasteiger partial charge in [0.1, 0.15) is 0 Å². The van der Waals surface area contributed by atoms with Gasteiger partial charge in [-0.1, -0.05) is 22.0 Å². The number of nitrogens with zero attached hydrogens (tertiary/aromatic N) is 1. The molecule has 0 aliphatic heterocycles. The number of nitrogens with one attached hydrogen (secondary N) is 1. The van der Waals surface area contributed by atoms with Crippen molar-refractivity contribution < 1.29 is 18.0 Å². The molecule has 7 heteroatoms. The van der Waals surface area contributed by atoms with Crippen LogP contribution < -0.4 is 5.32 Å². The van der Waals surface area contributed by atoms with Crippen LogP contribution in [0.5, 0.6) is 0 Å². The molecule has 1 aromatic heterocycles. The number of aromatic nitrogens is 1. The average Bonchev–Trinajstić information content (AvgIpc) is 2.46. The van der Waals surface area contributed by atoms with Gasteiger partial charge in [-0.25, -0.2) is 0 Å². The second-order valence-corrected chi connectivity index (χ2v) is 4.81. The summed E-state index contributed by atoms with van der Waals surface area (Å²) in [6.45, 7) is 0. The lowest BCUT2D eigenvalue weighted by molar-refractivity contribution is -0.137. The van der Waals surface area contributed by atoms with E-state index in [-0.39, 0.29) is 5.56 Å². The molecular weight excluding hydrogens is 349 g/mol. The first-order valence-corrected chi connectivity index (χ1v) is 7.01. The molecule has 0 radical (unpaired) electrons. The molecule has 0 aliphatic rings. The number of carbonyl (C=O) groups excluding carboxylic acids is 1. The molecule has 0 atom stereocenters. The highest BCUT2D eigenvalue weighted by Gasteiger charge is 2.30. The highest BCUT2D eigenvalue weighted by atomic mass is 79.9. The Morgan fingerprint density at radius 2 is 2.00 bits per heavy atom. The minimum absolute atomic E-state index is 0.0610. The Bertz CT molecular complexity index is 659. The van der Waals surface area contributed by atoms with Crippen molar-refractivity contribution in [3.05, 3.63) is 59.4 Å². The number of benzene rings is 1. The summed E-state index contributed by atoms with van der Waals surface area (Å²) in [6.07, 6.45) is -1.43. The van der Waals surface area contributed by atoms with Crippen LogP contribution in [0.2, 0.25) is 0 Å². The van der Waals surface area contributed by atoms with Crippen LogP contribution in [-0.4, -0.2) is 10.9 Å². The Balaban J connectivity index is 2.20. The molecule has 3 nitrogen and oxygen atoms in total. The fourth-order valence-electron chi connectivity index (χ4n) is 1.67. The molecule has 1 N–H and O–H groups in total. The number of halogens is 4. The van der Waals surface area contributed by atoms with Crippen LogP contribution in [0.4, 0.5) is 18.9 Å².